The van der Waals surface area contributed by atoms with Gasteiger partial charge in [-0.05, 0) is 48.4 Å². The van der Waals surface area contributed by atoms with Crippen LogP contribution in [0, 0.1) is 5.92 Å². The zero-order chi connectivity index (χ0) is 20.9. The first-order chi connectivity index (χ1) is 14.6. The van der Waals surface area contributed by atoms with Crippen molar-refractivity contribution in [1.82, 2.24) is 10.3 Å². The van der Waals surface area contributed by atoms with Gasteiger partial charge in [0.2, 0.25) is 0 Å². The molecule has 3 aromatic rings. The predicted molar refractivity (Wildman–Crippen MR) is 125 cm³/mol. The quantitative estimate of drug-likeness (QED) is 0.493. The molecule has 2 aromatic heterocycles. The van der Waals surface area contributed by atoms with Gasteiger partial charge in [0.25, 0.3) is 0 Å². The Morgan fingerprint density at radius 2 is 2.07 bits per heavy atom. The Kier molecular flexibility index (Phi) is 6.65. The van der Waals surface area contributed by atoms with Crippen LogP contribution in [0.2, 0.25) is 0 Å². The summed E-state index contributed by atoms with van der Waals surface area (Å²) in [5, 5.41) is 5.57. The van der Waals surface area contributed by atoms with Crippen molar-refractivity contribution in [3.05, 3.63) is 54.4 Å². The number of carbonyl (C=O) groups is 1. The minimum atomic E-state index is -0.494. The summed E-state index contributed by atoms with van der Waals surface area (Å²) in [6, 6.07) is 12.0. The first-order valence-electron chi connectivity index (χ1n) is 10.9. The number of fused-ring (bicyclic) bond motifs is 1. The van der Waals surface area contributed by atoms with E-state index in [0.29, 0.717) is 12.6 Å². The number of amides is 2. The van der Waals surface area contributed by atoms with E-state index in [1.165, 1.54) is 38.5 Å². The summed E-state index contributed by atoms with van der Waals surface area (Å²) in [5.74, 6) is 0.832. The van der Waals surface area contributed by atoms with Crippen LogP contribution >= 0.6 is 11.3 Å². The zero-order valence-electron chi connectivity index (χ0n) is 17.5. The van der Waals surface area contributed by atoms with E-state index in [9.17, 15) is 4.79 Å². The van der Waals surface area contributed by atoms with E-state index in [2.05, 4.69) is 23.3 Å². The maximum Gasteiger partial charge on any atom is 0.324 e. The van der Waals surface area contributed by atoms with Crippen LogP contribution in [0.15, 0.2) is 48.8 Å². The highest BCUT2D eigenvalue weighted by Crippen LogP contribution is 2.37. The fourth-order valence-corrected chi connectivity index (χ4v) is 5.56. The lowest BCUT2D eigenvalue weighted by Gasteiger charge is -2.26. The summed E-state index contributed by atoms with van der Waals surface area (Å²) in [7, 11) is 0. The normalized spacial score (nSPS) is 15.9. The van der Waals surface area contributed by atoms with Crippen LogP contribution in [-0.4, -0.2) is 17.1 Å². The second kappa shape index (κ2) is 9.58. The molecule has 1 aliphatic carbocycles. The van der Waals surface area contributed by atoms with Crippen LogP contribution in [0.5, 0.6) is 0 Å². The van der Waals surface area contributed by atoms with Gasteiger partial charge in [-0.2, -0.15) is 0 Å². The highest BCUT2D eigenvalue weighted by molar-refractivity contribution is 7.23. The number of urea groups is 1. The van der Waals surface area contributed by atoms with Crippen LogP contribution in [0.3, 0.4) is 0 Å². The van der Waals surface area contributed by atoms with Gasteiger partial charge in [-0.25, -0.2) is 4.79 Å². The summed E-state index contributed by atoms with van der Waals surface area (Å²) < 4.78 is 1.13. The second-order valence-electron chi connectivity index (χ2n) is 8.32. The summed E-state index contributed by atoms with van der Waals surface area (Å²) in [6.45, 7) is 2.94. The zero-order valence-corrected chi connectivity index (χ0v) is 18.3. The molecule has 1 fully saturated rings. The number of aromatic nitrogens is 1. The molecular formula is C24H30N4OS. The summed E-state index contributed by atoms with van der Waals surface area (Å²) in [4.78, 5) is 18.3. The van der Waals surface area contributed by atoms with Gasteiger partial charge in [-0.1, -0.05) is 50.3 Å². The molecule has 5 nitrogen and oxygen atoms in total. The Morgan fingerprint density at radius 1 is 1.27 bits per heavy atom. The van der Waals surface area contributed by atoms with E-state index in [1.54, 1.807) is 28.6 Å². The fourth-order valence-electron chi connectivity index (χ4n) is 4.48. The molecule has 30 heavy (non-hydrogen) atoms. The van der Waals surface area contributed by atoms with Crippen LogP contribution in [0.25, 0.3) is 10.1 Å². The van der Waals surface area contributed by atoms with E-state index in [-0.39, 0.29) is 0 Å². The average molecular weight is 423 g/mol. The molecule has 1 unspecified atom stereocenters. The van der Waals surface area contributed by atoms with Gasteiger partial charge < -0.3 is 11.1 Å². The number of pyridine rings is 1. The number of primary amides is 1. The number of anilines is 2. The van der Waals surface area contributed by atoms with Crippen molar-refractivity contribution in [2.75, 3.05) is 4.90 Å². The van der Waals surface area contributed by atoms with Gasteiger partial charge in [-0.3, -0.25) is 9.88 Å². The maximum absolute atomic E-state index is 12.4. The van der Waals surface area contributed by atoms with Crippen LogP contribution in [0.1, 0.15) is 51.0 Å². The Labute approximate surface area is 182 Å². The first-order valence-corrected chi connectivity index (χ1v) is 11.7. The molecule has 2 heterocycles. The number of nitrogens with one attached hydrogen (secondary N) is 1. The van der Waals surface area contributed by atoms with E-state index >= 15 is 0 Å². The topological polar surface area (TPSA) is 71.2 Å². The van der Waals surface area contributed by atoms with Gasteiger partial charge in [0.05, 0.1) is 11.9 Å². The average Bonchev–Trinajstić information content (AvgIpc) is 3.17. The van der Waals surface area contributed by atoms with Crippen LogP contribution < -0.4 is 16.0 Å². The monoisotopic (exact) mass is 422 g/mol. The molecule has 6 heteroatoms. The third-order valence-corrected chi connectivity index (χ3v) is 7.14. The van der Waals surface area contributed by atoms with Gasteiger partial charge in [0.15, 0.2) is 0 Å². The lowest BCUT2D eigenvalue weighted by Crippen LogP contribution is -2.33. The maximum atomic E-state index is 12.4. The fraction of sp³-hybridized carbons (Fsp3) is 0.417. The highest BCUT2D eigenvalue weighted by Gasteiger charge is 2.22. The summed E-state index contributed by atoms with van der Waals surface area (Å²) in [5.41, 5.74) is 7.59. The Hall–Kier alpha value is -2.44. The van der Waals surface area contributed by atoms with Crippen molar-refractivity contribution in [3.63, 3.8) is 0 Å². The molecular weight excluding hydrogens is 392 g/mol. The molecule has 2 amide bonds. The molecule has 4 rings (SSSR count). The Balaban J connectivity index is 1.52. The van der Waals surface area contributed by atoms with Crippen molar-refractivity contribution in [3.8, 4) is 0 Å². The molecule has 1 aliphatic rings. The Bertz CT molecular complexity index is 963. The van der Waals surface area contributed by atoms with Crippen molar-refractivity contribution >= 4 is 38.1 Å². The minimum Gasteiger partial charge on any atom is -0.351 e. The standard InChI is InChI=1S/C24H30N4OS/c1-17(13-18-7-3-2-4-8-18)27-15-20-11-12-26-16-21(20)28(24(25)29)23-14-19-9-5-6-10-22(19)30-23/h5-6,9-12,14,16-18,27H,2-4,7-8,13,15H2,1H3,(H2,25,29). The third-order valence-electron chi connectivity index (χ3n) is 6.03. The lowest BCUT2D eigenvalue weighted by atomic mass is 9.85. The van der Waals surface area contributed by atoms with E-state index in [1.807, 2.05) is 30.3 Å². The molecule has 1 atom stereocenters. The van der Waals surface area contributed by atoms with Crippen molar-refractivity contribution in [2.45, 2.75) is 58.0 Å². The molecule has 0 radical (unpaired) electrons. The van der Waals surface area contributed by atoms with Gasteiger partial charge in [0, 0.05) is 23.5 Å². The molecule has 0 saturated heterocycles. The van der Waals surface area contributed by atoms with Crippen molar-refractivity contribution in [1.29, 1.82) is 0 Å². The van der Waals surface area contributed by atoms with Crippen LogP contribution in [0.4, 0.5) is 15.5 Å². The molecule has 3 N–H and O–H groups in total. The molecule has 0 bridgehead atoms. The van der Waals surface area contributed by atoms with E-state index < -0.39 is 6.03 Å². The molecule has 0 spiro atoms. The number of rotatable bonds is 7. The van der Waals surface area contributed by atoms with Crippen molar-refractivity contribution in [2.24, 2.45) is 11.7 Å². The van der Waals surface area contributed by atoms with E-state index in [0.717, 1.165) is 32.3 Å². The minimum absolute atomic E-state index is 0.431. The van der Waals surface area contributed by atoms with Gasteiger partial charge in [-0.15, -0.1) is 11.3 Å². The first kappa shape index (κ1) is 20.8. The number of nitrogens with two attached hydrogens (primary N) is 1. The van der Waals surface area contributed by atoms with Gasteiger partial charge in [0.1, 0.15) is 5.00 Å². The third kappa shape index (κ3) is 4.82. The molecule has 1 saturated carbocycles. The lowest BCUT2D eigenvalue weighted by molar-refractivity contribution is 0.256. The van der Waals surface area contributed by atoms with Gasteiger partial charge >= 0.3 is 6.03 Å². The molecule has 158 valence electrons. The molecule has 1 aromatic carbocycles. The summed E-state index contributed by atoms with van der Waals surface area (Å²) in [6.07, 6.45) is 11.6. The largest absolute Gasteiger partial charge is 0.351 e. The summed E-state index contributed by atoms with van der Waals surface area (Å²) >= 11 is 1.56. The number of carbonyl (C=O) groups excluding carboxylic acids is 1. The number of benzene rings is 1. The van der Waals surface area contributed by atoms with Crippen molar-refractivity contribution < 1.29 is 4.79 Å². The predicted octanol–water partition coefficient (Wildman–Crippen LogP) is 5.96. The Morgan fingerprint density at radius 3 is 2.83 bits per heavy atom. The van der Waals surface area contributed by atoms with Crippen LogP contribution in [-0.2, 0) is 6.54 Å². The number of hydrogen-bond donors (Lipinski definition) is 2. The number of thiophene rings is 1. The number of hydrogen-bond acceptors (Lipinski definition) is 4. The highest BCUT2D eigenvalue weighted by atomic mass is 32.1. The smallest absolute Gasteiger partial charge is 0.324 e. The SMILES string of the molecule is CC(CC1CCCCC1)NCc1ccncc1N(C(N)=O)c1cc2ccccc2s1. The molecule has 0 aliphatic heterocycles. The number of nitrogens with zero attached hydrogens (tertiary/aromatic N) is 2. The van der Waals surface area contributed by atoms with E-state index in [4.69, 9.17) is 5.73 Å². The second-order valence-corrected chi connectivity index (χ2v) is 9.38.